The van der Waals surface area contributed by atoms with E-state index in [0.29, 0.717) is 37.8 Å². The van der Waals surface area contributed by atoms with E-state index in [0.717, 1.165) is 30.9 Å². The van der Waals surface area contributed by atoms with Gasteiger partial charge in [0.25, 0.3) is 5.91 Å². The van der Waals surface area contributed by atoms with Crippen molar-refractivity contribution in [1.29, 1.82) is 0 Å². The van der Waals surface area contributed by atoms with E-state index in [9.17, 15) is 4.79 Å². The van der Waals surface area contributed by atoms with Gasteiger partial charge in [-0.05, 0) is 31.9 Å². The molecule has 0 saturated carbocycles. The number of nitrogens with one attached hydrogen (secondary N) is 1. The van der Waals surface area contributed by atoms with Crippen LogP contribution in [-0.4, -0.2) is 63.0 Å². The van der Waals surface area contributed by atoms with Gasteiger partial charge in [0.1, 0.15) is 18.8 Å². The second-order valence-electron chi connectivity index (χ2n) is 7.39. The molecule has 10 heteroatoms. The maximum Gasteiger partial charge on any atom is 0.254 e. The largest absolute Gasteiger partial charge is 0.490 e. The van der Waals surface area contributed by atoms with E-state index >= 15 is 0 Å². The minimum absolute atomic E-state index is 0.00807. The number of rotatable bonds is 9. The number of ether oxygens (including phenoxy) is 2. The van der Waals surface area contributed by atoms with E-state index in [2.05, 4.69) is 30.3 Å². The van der Waals surface area contributed by atoms with E-state index in [4.69, 9.17) is 9.47 Å². The number of anilines is 1. The highest BCUT2D eigenvalue weighted by atomic mass is 16.5. The standard InChI is InChI=1S/C22H27N7O3/c1-2-31-19-7-3-4-8-20(19)32-18-6-5-10-28(14-18)22-25-12-17(13-26-22)21(30)24-9-11-29-16-23-15-27-29/h3-4,7-8,12-13,15-16,18H,2,5-6,9-11,14H2,1H3,(H,24,30). The summed E-state index contributed by atoms with van der Waals surface area (Å²) < 4.78 is 13.5. The highest BCUT2D eigenvalue weighted by molar-refractivity contribution is 5.93. The summed E-state index contributed by atoms with van der Waals surface area (Å²) >= 11 is 0. The van der Waals surface area contributed by atoms with Crippen LogP contribution in [-0.2, 0) is 6.54 Å². The Hall–Kier alpha value is -3.69. The summed E-state index contributed by atoms with van der Waals surface area (Å²) in [7, 11) is 0. The lowest BCUT2D eigenvalue weighted by molar-refractivity contribution is 0.0951. The van der Waals surface area contributed by atoms with E-state index in [1.54, 1.807) is 23.4 Å². The van der Waals surface area contributed by atoms with Crippen LogP contribution in [0.5, 0.6) is 11.5 Å². The van der Waals surface area contributed by atoms with Crippen molar-refractivity contribution in [2.45, 2.75) is 32.4 Å². The van der Waals surface area contributed by atoms with Crippen LogP contribution in [0.1, 0.15) is 30.1 Å². The van der Waals surface area contributed by atoms with Crippen molar-refractivity contribution in [1.82, 2.24) is 30.0 Å². The molecule has 168 valence electrons. The molecule has 1 aliphatic heterocycles. The van der Waals surface area contributed by atoms with Crippen LogP contribution in [0.4, 0.5) is 5.95 Å². The van der Waals surface area contributed by atoms with Crippen LogP contribution in [0.3, 0.4) is 0 Å². The smallest absolute Gasteiger partial charge is 0.254 e. The van der Waals surface area contributed by atoms with Crippen LogP contribution in [0, 0.1) is 0 Å². The molecule has 3 heterocycles. The Morgan fingerprint density at radius 3 is 2.78 bits per heavy atom. The quantitative estimate of drug-likeness (QED) is 0.541. The van der Waals surface area contributed by atoms with Crippen molar-refractivity contribution in [3.8, 4) is 11.5 Å². The van der Waals surface area contributed by atoms with Crippen LogP contribution in [0.25, 0.3) is 0 Å². The van der Waals surface area contributed by atoms with Gasteiger partial charge in [0.05, 0.1) is 25.3 Å². The number of piperidine rings is 1. The van der Waals surface area contributed by atoms with Crippen molar-refractivity contribution in [2.75, 3.05) is 31.1 Å². The third kappa shape index (κ3) is 5.51. The third-order valence-electron chi connectivity index (χ3n) is 5.10. The lowest BCUT2D eigenvalue weighted by Gasteiger charge is -2.33. The van der Waals surface area contributed by atoms with Gasteiger partial charge in [-0.15, -0.1) is 0 Å². The zero-order valence-electron chi connectivity index (χ0n) is 18.1. The molecule has 0 bridgehead atoms. The minimum atomic E-state index is -0.218. The Labute approximate surface area is 186 Å². The van der Waals surface area contributed by atoms with E-state index in [1.165, 1.54) is 6.33 Å². The van der Waals surface area contributed by atoms with Gasteiger partial charge < -0.3 is 19.7 Å². The molecule has 1 aliphatic rings. The second kappa shape index (κ2) is 10.6. The highest BCUT2D eigenvalue weighted by Gasteiger charge is 2.24. The summed E-state index contributed by atoms with van der Waals surface area (Å²) in [5.41, 5.74) is 0.419. The van der Waals surface area contributed by atoms with Gasteiger partial charge in [-0.25, -0.2) is 15.0 Å². The number of hydrogen-bond acceptors (Lipinski definition) is 8. The molecule has 0 radical (unpaired) electrons. The summed E-state index contributed by atoms with van der Waals surface area (Å²) in [5, 5.41) is 6.84. The number of benzene rings is 1. The van der Waals surface area contributed by atoms with Crippen LogP contribution in [0.15, 0.2) is 49.3 Å². The number of carbonyl (C=O) groups is 1. The van der Waals surface area contributed by atoms with Crippen molar-refractivity contribution >= 4 is 11.9 Å². The maximum absolute atomic E-state index is 12.3. The Balaban J connectivity index is 1.32. The Kier molecular flexibility index (Phi) is 7.11. The molecule has 0 aliphatic carbocycles. The zero-order chi connectivity index (χ0) is 22.2. The Morgan fingerprint density at radius 1 is 1.22 bits per heavy atom. The van der Waals surface area contributed by atoms with Crippen molar-refractivity contribution < 1.29 is 14.3 Å². The summed E-state index contributed by atoms with van der Waals surface area (Å²) in [6.45, 7) is 5.05. The fourth-order valence-corrected chi connectivity index (χ4v) is 3.55. The summed E-state index contributed by atoms with van der Waals surface area (Å²) in [6, 6.07) is 7.72. The van der Waals surface area contributed by atoms with Crippen LogP contribution < -0.4 is 19.7 Å². The number of para-hydroxylation sites is 2. The lowest BCUT2D eigenvalue weighted by atomic mass is 10.1. The summed E-state index contributed by atoms with van der Waals surface area (Å²) in [6.07, 6.45) is 8.11. The van der Waals surface area contributed by atoms with Crippen molar-refractivity contribution in [2.24, 2.45) is 0 Å². The monoisotopic (exact) mass is 437 g/mol. The number of amides is 1. The summed E-state index contributed by atoms with van der Waals surface area (Å²) in [4.78, 5) is 27.1. The fourth-order valence-electron chi connectivity index (χ4n) is 3.55. The first kappa shape index (κ1) is 21.5. The molecule has 32 heavy (non-hydrogen) atoms. The molecule has 1 amide bonds. The molecule has 1 aromatic carbocycles. The molecule has 1 N–H and O–H groups in total. The van der Waals surface area contributed by atoms with Gasteiger partial charge in [-0.2, -0.15) is 5.10 Å². The molecule has 1 unspecified atom stereocenters. The average Bonchev–Trinajstić information content (AvgIpc) is 3.34. The number of nitrogens with zero attached hydrogens (tertiary/aromatic N) is 6. The predicted molar refractivity (Wildman–Crippen MR) is 118 cm³/mol. The zero-order valence-corrected chi connectivity index (χ0v) is 18.1. The first-order chi connectivity index (χ1) is 15.7. The molecule has 10 nitrogen and oxygen atoms in total. The molecular weight excluding hydrogens is 410 g/mol. The van der Waals surface area contributed by atoms with Crippen LogP contribution >= 0.6 is 0 Å². The van der Waals surface area contributed by atoms with Gasteiger partial charge in [0, 0.05) is 25.5 Å². The average molecular weight is 438 g/mol. The van der Waals surface area contributed by atoms with Crippen LogP contribution in [0.2, 0.25) is 0 Å². The van der Waals surface area contributed by atoms with Gasteiger partial charge in [-0.1, -0.05) is 12.1 Å². The molecule has 0 spiro atoms. The van der Waals surface area contributed by atoms with Crippen molar-refractivity contribution in [3.05, 3.63) is 54.9 Å². The molecule has 4 rings (SSSR count). The normalized spacial score (nSPS) is 15.9. The molecule has 1 atom stereocenters. The van der Waals surface area contributed by atoms with Gasteiger partial charge in [-0.3, -0.25) is 9.48 Å². The number of carbonyl (C=O) groups excluding carboxylic acids is 1. The molecule has 1 saturated heterocycles. The second-order valence-corrected chi connectivity index (χ2v) is 7.39. The Morgan fingerprint density at radius 2 is 2.03 bits per heavy atom. The minimum Gasteiger partial charge on any atom is -0.490 e. The van der Waals surface area contributed by atoms with Gasteiger partial charge in [0.2, 0.25) is 5.95 Å². The Bertz CT molecular complexity index is 995. The molecule has 1 fully saturated rings. The molecule has 3 aromatic rings. The predicted octanol–water partition coefficient (Wildman–Crippen LogP) is 1.94. The SMILES string of the molecule is CCOc1ccccc1OC1CCCN(c2ncc(C(=O)NCCn3cncn3)cn2)C1. The first-order valence-corrected chi connectivity index (χ1v) is 10.8. The fraction of sp³-hybridized carbons (Fsp3) is 0.409. The van der Waals surface area contributed by atoms with Gasteiger partial charge in [0.15, 0.2) is 11.5 Å². The summed E-state index contributed by atoms with van der Waals surface area (Å²) in [5.74, 6) is 1.88. The molecule has 2 aromatic heterocycles. The highest BCUT2D eigenvalue weighted by Crippen LogP contribution is 2.29. The van der Waals surface area contributed by atoms with E-state index in [-0.39, 0.29) is 12.0 Å². The van der Waals surface area contributed by atoms with Crippen molar-refractivity contribution in [3.63, 3.8) is 0 Å². The third-order valence-corrected chi connectivity index (χ3v) is 5.10. The lowest BCUT2D eigenvalue weighted by Crippen LogP contribution is -2.42. The topological polar surface area (TPSA) is 107 Å². The number of aromatic nitrogens is 5. The van der Waals surface area contributed by atoms with E-state index in [1.807, 2.05) is 31.2 Å². The van der Waals surface area contributed by atoms with E-state index < -0.39 is 0 Å². The number of hydrogen-bond donors (Lipinski definition) is 1. The van der Waals surface area contributed by atoms with Gasteiger partial charge >= 0.3 is 0 Å². The maximum atomic E-state index is 12.3. The first-order valence-electron chi connectivity index (χ1n) is 10.8. The molecular formula is C22H27N7O3.